The average molecular weight is 229 g/mol. The molecule has 0 aromatic heterocycles. The summed E-state index contributed by atoms with van der Waals surface area (Å²) in [5.41, 5.74) is 0.360. The van der Waals surface area contributed by atoms with Crippen LogP contribution in [0.2, 0.25) is 0 Å². The topological polar surface area (TPSA) is 30.5 Å². The highest BCUT2D eigenvalue weighted by Gasteiger charge is 2.37. The molecule has 1 atom stereocenters. The second-order valence-electron chi connectivity index (χ2n) is 5.37. The minimum absolute atomic E-state index is 0.360. The van der Waals surface area contributed by atoms with E-state index in [9.17, 15) is 0 Å². The fraction of sp³-hybridized carbons (Fsp3) is 1.00. The SMILES string of the molecule is COCC(C)C1(CNC(C)C)CCOCC1. The Balaban J connectivity index is 2.59. The number of nitrogens with one attached hydrogen (secondary N) is 1. The van der Waals surface area contributed by atoms with E-state index in [1.807, 2.05) is 0 Å². The van der Waals surface area contributed by atoms with Crippen molar-refractivity contribution < 1.29 is 9.47 Å². The summed E-state index contributed by atoms with van der Waals surface area (Å²) >= 11 is 0. The molecule has 3 heteroatoms. The van der Waals surface area contributed by atoms with Gasteiger partial charge in [0.15, 0.2) is 0 Å². The third kappa shape index (κ3) is 3.72. The van der Waals surface area contributed by atoms with E-state index >= 15 is 0 Å². The Kier molecular flexibility index (Phi) is 5.73. The van der Waals surface area contributed by atoms with Crippen LogP contribution >= 0.6 is 0 Å². The Morgan fingerprint density at radius 2 is 1.88 bits per heavy atom. The summed E-state index contributed by atoms with van der Waals surface area (Å²) in [6.07, 6.45) is 2.30. The van der Waals surface area contributed by atoms with Gasteiger partial charge in [-0.25, -0.2) is 0 Å². The maximum atomic E-state index is 5.49. The molecule has 3 nitrogen and oxygen atoms in total. The molecule has 1 N–H and O–H groups in total. The van der Waals surface area contributed by atoms with Crippen LogP contribution in [0.15, 0.2) is 0 Å². The number of hydrogen-bond donors (Lipinski definition) is 1. The Labute approximate surface area is 99.9 Å². The van der Waals surface area contributed by atoms with E-state index in [0.717, 1.165) is 39.2 Å². The van der Waals surface area contributed by atoms with Crippen LogP contribution in [-0.2, 0) is 9.47 Å². The van der Waals surface area contributed by atoms with Crippen LogP contribution in [0.25, 0.3) is 0 Å². The first-order valence-electron chi connectivity index (χ1n) is 6.41. The first-order valence-corrected chi connectivity index (χ1v) is 6.41. The lowest BCUT2D eigenvalue weighted by Gasteiger charge is -2.42. The predicted octanol–water partition coefficient (Wildman–Crippen LogP) is 2.06. The Bertz CT molecular complexity index is 188. The normalized spacial score (nSPS) is 22.3. The van der Waals surface area contributed by atoms with Gasteiger partial charge in [0.05, 0.1) is 0 Å². The number of rotatable bonds is 6. The number of hydrogen-bond acceptors (Lipinski definition) is 3. The molecule has 0 amide bonds. The third-order valence-electron chi connectivity index (χ3n) is 3.81. The molecule has 0 bridgehead atoms. The summed E-state index contributed by atoms with van der Waals surface area (Å²) in [7, 11) is 1.79. The average Bonchev–Trinajstić information content (AvgIpc) is 2.28. The quantitative estimate of drug-likeness (QED) is 0.756. The molecule has 1 aliphatic rings. The van der Waals surface area contributed by atoms with E-state index in [0.29, 0.717) is 17.4 Å². The summed E-state index contributed by atoms with van der Waals surface area (Å²) in [5.74, 6) is 0.590. The maximum Gasteiger partial charge on any atom is 0.0493 e. The molecule has 96 valence electrons. The van der Waals surface area contributed by atoms with E-state index in [1.165, 1.54) is 0 Å². The molecule has 16 heavy (non-hydrogen) atoms. The highest BCUT2D eigenvalue weighted by Crippen LogP contribution is 2.37. The summed E-state index contributed by atoms with van der Waals surface area (Å²) in [6, 6.07) is 0.550. The van der Waals surface area contributed by atoms with Crippen molar-refractivity contribution >= 4 is 0 Å². The lowest BCUT2D eigenvalue weighted by molar-refractivity contribution is -0.0340. The standard InChI is InChI=1S/C13H27NO2/c1-11(2)14-10-13(12(3)9-15-4)5-7-16-8-6-13/h11-12,14H,5-10H2,1-4H3. The summed E-state index contributed by atoms with van der Waals surface area (Å²) in [4.78, 5) is 0. The second kappa shape index (κ2) is 6.58. The van der Waals surface area contributed by atoms with Crippen LogP contribution < -0.4 is 5.32 Å². The fourth-order valence-corrected chi connectivity index (χ4v) is 2.46. The van der Waals surface area contributed by atoms with E-state index in [4.69, 9.17) is 9.47 Å². The lowest BCUT2D eigenvalue weighted by atomic mass is 9.70. The third-order valence-corrected chi connectivity index (χ3v) is 3.81. The van der Waals surface area contributed by atoms with Crippen molar-refractivity contribution in [1.29, 1.82) is 0 Å². The van der Waals surface area contributed by atoms with Gasteiger partial charge in [-0.15, -0.1) is 0 Å². The Morgan fingerprint density at radius 3 is 2.38 bits per heavy atom. The molecule has 0 aliphatic carbocycles. The van der Waals surface area contributed by atoms with E-state index in [1.54, 1.807) is 7.11 Å². The summed E-state index contributed by atoms with van der Waals surface area (Å²) < 4.78 is 10.8. The van der Waals surface area contributed by atoms with Gasteiger partial charge in [0, 0.05) is 39.5 Å². The molecule has 1 rings (SSSR count). The van der Waals surface area contributed by atoms with Gasteiger partial charge in [0.25, 0.3) is 0 Å². The first-order chi connectivity index (χ1) is 7.60. The molecule has 0 aromatic rings. The number of methoxy groups -OCH3 is 1. The first kappa shape index (κ1) is 13.9. The molecule has 1 unspecified atom stereocenters. The molecular formula is C13H27NO2. The van der Waals surface area contributed by atoms with E-state index < -0.39 is 0 Å². The molecule has 1 aliphatic heterocycles. The van der Waals surface area contributed by atoms with Crippen molar-refractivity contribution in [3.63, 3.8) is 0 Å². The van der Waals surface area contributed by atoms with Gasteiger partial charge in [-0.2, -0.15) is 0 Å². The van der Waals surface area contributed by atoms with E-state index in [2.05, 4.69) is 26.1 Å². The molecule has 0 radical (unpaired) electrons. The van der Waals surface area contributed by atoms with Crippen molar-refractivity contribution in [1.82, 2.24) is 5.32 Å². The van der Waals surface area contributed by atoms with Crippen molar-refractivity contribution in [3.8, 4) is 0 Å². The second-order valence-corrected chi connectivity index (χ2v) is 5.37. The predicted molar refractivity (Wildman–Crippen MR) is 66.7 cm³/mol. The number of ether oxygens (including phenoxy) is 2. The zero-order valence-corrected chi connectivity index (χ0v) is 11.2. The highest BCUT2D eigenvalue weighted by atomic mass is 16.5. The minimum Gasteiger partial charge on any atom is -0.384 e. The van der Waals surface area contributed by atoms with Gasteiger partial charge < -0.3 is 14.8 Å². The van der Waals surface area contributed by atoms with E-state index in [-0.39, 0.29) is 0 Å². The van der Waals surface area contributed by atoms with Crippen LogP contribution in [0.4, 0.5) is 0 Å². The molecular weight excluding hydrogens is 202 g/mol. The fourth-order valence-electron chi connectivity index (χ4n) is 2.46. The van der Waals surface area contributed by atoms with Gasteiger partial charge in [-0.05, 0) is 24.2 Å². The van der Waals surface area contributed by atoms with Gasteiger partial charge in [-0.3, -0.25) is 0 Å². The van der Waals surface area contributed by atoms with Crippen LogP contribution in [0.1, 0.15) is 33.6 Å². The smallest absolute Gasteiger partial charge is 0.0493 e. The Hall–Kier alpha value is -0.120. The molecule has 1 fully saturated rings. The largest absolute Gasteiger partial charge is 0.384 e. The van der Waals surface area contributed by atoms with Crippen molar-refractivity contribution in [2.24, 2.45) is 11.3 Å². The zero-order chi connectivity index (χ0) is 12.0. The maximum absolute atomic E-state index is 5.49. The van der Waals surface area contributed by atoms with Gasteiger partial charge in [0.2, 0.25) is 0 Å². The Morgan fingerprint density at radius 1 is 1.25 bits per heavy atom. The van der Waals surface area contributed by atoms with Gasteiger partial charge in [-0.1, -0.05) is 20.8 Å². The lowest BCUT2D eigenvalue weighted by Crippen LogP contribution is -2.46. The summed E-state index contributed by atoms with van der Waals surface area (Å²) in [6.45, 7) is 10.4. The minimum atomic E-state index is 0.360. The molecule has 1 heterocycles. The van der Waals surface area contributed by atoms with Crippen LogP contribution in [0.5, 0.6) is 0 Å². The van der Waals surface area contributed by atoms with Crippen molar-refractivity contribution in [3.05, 3.63) is 0 Å². The van der Waals surface area contributed by atoms with Gasteiger partial charge >= 0.3 is 0 Å². The molecule has 0 saturated carbocycles. The molecule has 0 aromatic carbocycles. The molecule has 1 saturated heterocycles. The summed E-state index contributed by atoms with van der Waals surface area (Å²) in [5, 5.41) is 3.58. The molecule has 0 spiro atoms. The highest BCUT2D eigenvalue weighted by molar-refractivity contribution is 4.88. The zero-order valence-electron chi connectivity index (χ0n) is 11.2. The van der Waals surface area contributed by atoms with Crippen LogP contribution in [0.3, 0.4) is 0 Å². The van der Waals surface area contributed by atoms with Crippen LogP contribution in [0, 0.1) is 11.3 Å². The van der Waals surface area contributed by atoms with Crippen LogP contribution in [-0.4, -0.2) is 39.5 Å². The van der Waals surface area contributed by atoms with Crippen molar-refractivity contribution in [2.75, 3.05) is 33.5 Å². The van der Waals surface area contributed by atoms with Gasteiger partial charge in [0.1, 0.15) is 0 Å². The van der Waals surface area contributed by atoms with Crippen molar-refractivity contribution in [2.45, 2.75) is 39.7 Å². The monoisotopic (exact) mass is 229 g/mol.